The number of thioether (sulfide) groups is 1. The Morgan fingerprint density at radius 2 is 1.92 bits per heavy atom. The fourth-order valence-corrected chi connectivity index (χ4v) is 5.89. The monoisotopic (exact) mass is 412 g/mol. The summed E-state index contributed by atoms with van der Waals surface area (Å²) in [6, 6.07) is 6.63. The van der Waals surface area contributed by atoms with Gasteiger partial charge in [-0.1, -0.05) is 42.2 Å². The zero-order chi connectivity index (χ0) is 18.6. The highest BCUT2D eigenvalue weighted by atomic mass is 32.2. The van der Waals surface area contributed by atoms with E-state index >= 15 is 0 Å². The first-order valence-electron chi connectivity index (χ1n) is 8.32. The van der Waals surface area contributed by atoms with Gasteiger partial charge in [0.25, 0.3) is 5.91 Å². The molecule has 1 aliphatic rings. The number of hydrogen-bond donors (Lipinski definition) is 1. The van der Waals surface area contributed by atoms with E-state index in [9.17, 15) is 13.2 Å². The van der Waals surface area contributed by atoms with Gasteiger partial charge in [-0.2, -0.15) is 0 Å². The van der Waals surface area contributed by atoms with Gasteiger partial charge in [-0.25, -0.2) is 12.7 Å². The largest absolute Gasteiger partial charge is 0.296 e. The maximum absolute atomic E-state index is 12.3. The molecule has 2 aromatic rings. The predicted molar refractivity (Wildman–Crippen MR) is 104 cm³/mol. The zero-order valence-corrected chi connectivity index (χ0v) is 16.8. The average Bonchev–Trinajstić information content (AvgIpc) is 3.28. The van der Waals surface area contributed by atoms with Crippen LogP contribution >= 0.6 is 23.1 Å². The molecule has 0 atom stereocenters. The second kappa shape index (κ2) is 8.47. The highest BCUT2D eigenvalue weighted by Gasteiger charge is 2.25. The van der Waals surface area contributed by atoms with E-state index in [0.29, 0.717) is 29.3 Å². The van der Waals surface area contributed by atoms with Crippen molar-refractivity contribution in [2.24, 2.45) is 0 Å². The van der Waals surface area contributed by atoms with Gasteiger partial charge >= 0.3 is 0 Å². The summed E-state index contributed by atoms with van der Waals surface area (Å²) in [4.78, 5) is 12.3. The van der Waals surface area contributed by atoms with Crippen LogP contribution in [0.2, 0.25) is 0 Å². The summed E-state index contributed by atoms with van der Waals surface area (Å²) in [6.45, 7) is 3.22. The first kappa shape index (κ1) is 19.3. The molecule has 0 bridgehead atoms. The summed E-state index contributed by atoms with van der Waals surface area (Å²) in [7, 11) is -3.28. The van der Waals surface area contributed by atoms with E-state index in [1.807, 2.05) is 6.92 Å². The van der Waals surface area contributed by atoms with Crippen molar-refractivity contribution >= 4 is 44.2 Å². The van der Waals surface area contributed by atoms with Gasteiger partial charge in [-0.05, 0) is 36.3 Å². The standard InChI is InChI=1S/C16H20N4O3S3/c1-2-24-16-19-18-15(25-16)17-14(21)13-7-5-12(6-8-13)11-26(22,23)20-9-3-4-10-20/h5-8H,2-4,9-11H2,1H3,(H,17,18,21). The first-order chi connectivity index (χ1) is 12.5. The third-order valence-electron chi connectivity index (χ3n) is 3.92. The zero-order valence-electron chi connectivity index (χ0n) is 14.3. The first-order valence-corrected chi connectivity index (χ1v) is 11.7. The Hall–Kier alpha value is -1.49. The minimum Gasteiger partial charge on any atom is -0.296 e. The van der Waals surface area contributed by atoms with Crippen LogP contribution in [0.25, 0.3) is 0 Å². The molecule has 1 N–H and O–H groups in total. The number of carbonyl (C=O) groups is 1. The van der Waals surface area contributed by atoms with Crippen molar-refractivity contribution in [3.05, 3.63) is 35.4 Å². The summed E-state index contributed by atoms with van der Waals surface area (Å²) in [6.07, 6.45) is 1.84. The molecule has 1 aromatic carbocycles. The Labute approximate surface area is 161 Å². The minimum atomic E-state index is -3.28. The molecular weight excluding hydrogens is 392 g/mol. The van der Waals surface area contributed by atoms with Crippen LogP contribution in [0.1, 0.15) is 35.7 Å². The number of hydrogen-bond acceptors (Lipinski definition) is 7. The highest BCUT2D eigenvalue weighted by molar-refractivity contribution is 8.01. The molecule has 26 heavy (non-hydrogen) atoms. The lowest BCUT2D eigenvalue weighted by molar-refractivity contribution is 0.102. The van der Waals surface area contributed by atoms with Crippen molar-refractivity contribution in [3.63, 3.8) is 0 Å². The number of nitrogens with one attached hydrogen (secondary N) is 1. The fourth-order valence-electron chi connectivity index (χ4n) is 2.63. The number of sulfonamides is 1. The van der Waals surface area contributed by atoms with Crippen LogP contribution in [0, 0.1) is 0 Å². The van der Waals surface area contributed by atoms with Crippen molar-refractivity contribution < 1.29 is 13.2 Å². The van der Waals surface area contributed by atoms with Crippen LogP contribution in [-0.2, 0) is 15.8 Å². The molecule has 1 fully saturated rings. The number of nitrogens with zero attached hydrogens (tertiary/aromatic N) is 3. The van der Waals surface area contributed by atoms with Crippen molar-refractivity contribution in [1.82, 2.24) is 14.5 Å². The van der Waals surface area contributed by atoms with E-state index in [4.69, 9.17) is 0 Å². The van der Waals surface area contributed by atoms with E-state index in [-0.39, 0.29) is 11.7 Å². The van der Waals surface area contributed by atoms with Crippen LogP contribution in [-0.4, -0.2) is 47.7 Å². The molecule has 1 aromatic heterocycles. The van der Waals surface area contributed by atoms with Crippen molar-refractivity contribution in [2.45, 2.75) is 29.9 Å². The summed E-state index contributed by atoms with van der Waals surface area (Å²) in [5, 5.41) is 11.1. The average molecular weight is 413 g/mol. The van der Waals surface area contributed by atoms with Crippen LogP contribution in [0.5, 0.6) is 0 Å². The number of rotatable bonds is 7. The molecule has 0 spiro atoms. The smallest absolute Gasteiger partial charge is 0.257 e. The molecule has 10 heteroatoms. The van der Waals surface area contributed by atoms with Crippen LogP contribution < -0.4 is 5.32 Å². The molecule has 1 saturated heterocycles. The Kier molecular flexibility index (Phi) is 6.28. The van der Waals surface area contributed by atoms with Crippen LogP contribution in [0.4, 0.5) is 5.13 Å². The number of benzene rings is 1. The Bertz CT molecular complexity index is 859. The molecule has 7 nitrogen and oxygen atoms in total. The number of aromatic nitrogens is 2. The summed E-state index contributed by atoms with van der Waals surface area (Å²) < 4.78 is 27.0. The lowest BCUT2D eigenvalue weighted by atomic mass is 10.1. The van der Waals surface area contributed by atoms with Gasteiger partial charge < -0.3 is 0 Å². The van der Waals surface area contributed by atoms with E-state index < -0.39 is 10.0 Å². The van der Waals surface area contributed by atoms with E-state index in [0.717, 1.165) is 22.9 Å². The van der Waals surface area contributed by atoms with E-state index in [1.54, 1.807) is 36.0 Å². The molecule has 1 amide bonds. The van der Waals surface area contributed by atoms with Gasteiger partial charge in [0, 0.05) is 18.7 Å². The van der Waals surface area contributed by atoms with Crippen LogP contribution in [0.3, 0.4) is 0 Å². The van der Waals surface area contributed by atoms with Gasteiger partial charge in [0.1, 0.15) is 0 Å². The van der Waals surface area contributed by atoms with Crippen molar-refractivity contribution in [2.75, 3.05) is 24.2 Å². The SMILES string of the molecule is CCSc1nnc(NC(=O)c2ccc(CS(=O)(=O)N3CCCC3)cc2)s1. The molecule has 0 saturated carbocycles. The van der Waals surface area contributed by atoms with Gasteiger partial charge in [0.2, 0.25) is 15.2 Å². The minimum absolute atomic E-state index is 0.0388. The third kappa shape index (κ3) is 4.81. The highest BCUT2D eigenvalue weighted by Crippen LogP contribution is 2.25. The lowest BCUT2D eigenvalue weighted by Crippen LogP contribution is -2.29. The topological polar surface area (TPSA) is 92.3 Å². The molecular formula is C16H20N4O3S3. The Morgan fingerprint density at radius 3 is 2.58 bits per heavy atom. The van der Waals surface area contributed by atoms with Crippen molar-refractivity contribution in [1.29, 1.82) is 0 Å². The summed E-state index contributed by atoms with van der Waals surface area (Å²) >= 11 is 2.90. The molecule has 0 radical (unpaired) electrons. The van der Waals surface area contributed by atoms with E-state index in [2.05, 4.69) is 15.5 Å². The fraction of sp³-hybridized carbons (Fsp3) is 0.438. The summed E-state index contributed by atoms with van der Waals surface area (Å²) in [5.74, 6) is 0.566. The molecule has 0 unspecified atom stereocenters. The van der Waals surface area contributed by atoms with Gasteiger partial charge in [-0.3, -0.25) is 10.1 Å². The second-order valence-electron chi connectivity index (χ2n) is 5.82. The number of anilines is 1. The quantitative estimate of drug-likeness (QED) is 0.555. The molecule has 1 aliphatic heterocycles. The molecule has 140 valence electrons. The van der Waals surface area contributed by atoms with E-state index in [1.165, 1.54) is 15.6 Å². The number of carbonyl (C=O) groups excluding carboxylic acids is 1. The summed E-state index contributed by atoms with van der Waals surface area (Å²) in [5.41, 5.74) is 1.12. The Balaban J connectivity index is 1.62. The van der Waals surface area contributed by atoms with Gasteiger partial charge in [0.15, 0.2) is 4.34 Å². The number of amides is 1. The normalized spacial score (nSPS) is 15.3. The molecule has 2 heterocycles. The lowest BCUT2D eigenvalue weighted by Gasteiger charge is -2.15. The van der Waals surface area contributed by atoms with Crippen molar-refractivity contribution in [3.8, 4) is 0 Å². The molecule has 0 aliphatic carbocycles. The molecule has 3 rings (SSSR count). The predicted octanol–water partition coefficient (Wildman–Crippen LogP) is 2.83. The third-order valence-corrected chi connectivity index (χ3v) is 7.62. The van der Waals surface area contributed by atoms with Gasteiger partial charge in [-0.15, -0.1) is 10.2 Å². The second-order valence-corrected chi connectivity index (χ2v) is 10.3. The maximum Gasteiger partial charge on any atom is 0.257 e. The van der Waals surface area contributed by atoms with Crippen LogP contribution in [0.15, 0.2) is 28.6 Å². The Morgan fingerprint density at radius 1 is 1.23 bits per heavy atom. The maximum atomic E-state index is 12.3. The van der Waals surface area contributed by atoms with Gasteiger partial charge in [0.05, 0.1) is 5.75 Å².